The topological polar surface area (TPSA) is 90.3 Å². The third-order valence-corrected chi connectivity index (χ3v) is 3.11. The van der Waals surface area contributed by atoms with Gasteiger partial charge < -0.3 is 14.2 Å². The first-order valence-corrected chi connectivity index (χ1v) is 6.11. The first kappa shape index (κ1) is 12.9. The molecule has 0 saturated heterocycles. The van der Waals surface area contributed by atoms with Crippen LogP contribution in [0.4, 0.5) is 0 Å². The number of benzene rings is 1. The lowest BCUT2D eigenvalue weighted by Crippen LogP contribution is -2.20. The van der Waals surface area contributed by atoms with Gasteiger partial charge in [-0.25, -0.2) is 9.59 Å². The van der Waals surface area contributed by atoms with Crippen LogP contribution < -0.4 is 5.69 Å². The van der Waals surface area contributed by atoms with Gasteiger partial charge in [0, 0.05) is 31.1 Å². The number of aromatic nitrogens is 3. The van der Waals surface area contributed by atoms with E-state index in [1.165, 1.54) is 15.2 Å². The lowest BCUT2D eigenvalue weighted by atomic mass is 10.1. The highest BCUT2D eigenvalue weighted by molar-refractivity contribution is 5.86. The van der Waals surface area contributed by atoms with Gasteiger partial charge in [-0.3, -0.25) is 4.57 Å². The zero-order valence-electron chi connectivity index (χ0n) is 11.1. The fourth-order valence-corrected chi connectivity index (χ4v) is 2.05. The Morgan fingerprint density at radius 3 is 2.67 bits per heavy atom. The van der Waals surface area contributed by atoms with Crippen LogP contribution in [-0.2, 0) is 7.05 Å². The Balaban J connectivity index is 2.18. The molecule has 7 nitrogen and oxygen atoms in total. The molecule has 0 bridgehead atoms. The molecule has 2 heterocycles. The zero-order chi connectivity index (χ0) is 15.0. The summed E-state index contributed by atoms with van der Waals surface area (Å²) in [7, 11) is 1.65. The molecule has 106 valence electrons. The van der Waals surface area contributed by atoms with E-state index in [0.717, 1.165) is 0 Å². The molecular formula is C14H11N3O4. The minimum Gasteiger partial charge on any atom is -0.475 e. The van der Waals surface area contributed by atoms with E-state index in [1.807, 2.05) is 0 Å². The molecular weight excluding hydrogens is 274 g/mol. The second-order valence-corrected chi connectivity index (χ2v) is 4.46. The lowest BCUT2D eigenvalue weighted by Gasteiger charge is -2.06. The molecule has 2 aromatic heterocycles. The number of carboxylic acids is 1. The first-order chi connectivity index (χ1) is 10.1. The average Bonchev–Trinajstić information content (AvgIpc) is 3.08. The average molecular weight is 285 g/mol. The molecule has 3 rings (SSSR count). The summed E-state index contributed by atoms with van der Waals surface area (Å²) in [6.07, 6.45) is 3.28. The molecule has 1 N–H and O–H groups in total. The van der Waals surface area contributed by atoms with Crippen molar-refractivity contribution >= 4 is 5.97 Å². The van der Waals surface area contributed by atoms with Gasteiger partial charge in [-0.05, 0) is 6.07 Å². The summed E-state index contributed by atoms with van der Waals surface area (Å²) >= 11 is 0. The quantitative estimate of drug-likeness (QED) is 0.788. The van der Waals surface area contributed by atoms with Crippen LogP contribution in [0.2, 0.25) is 0 Å². The number of aryl methyl sites for hydroxylation is 1. The van der Waals surface area contributed by atoms with E-state index in [-0.39, 0.29) is 11.4 Å². The zero-order valence-corrected chi connectivity index (χ0v) is 11.1. The van der Waals surface area contributed by atoms with E-state index < -0.39 is 5.97 Å². The van der Waals surface area contributed by atoms with E-state index in [2.05, 4.69) is 5.16 Å². The molecule has 0 aliphatic rings. The van der Waals surface area contributed by atoms with E-state index in [1.54, 1.807) is 43.7 Å². The molecule has 0 radical (unpaired) electrons. The Bertz CT molecular complexity index is 872. The number of para-hydroxylation sites is 1. The summed E-state index contributed by atoms with van der Waals surface area (Å²) in [6, 6.07) is 8.40. The number of carbonyl (C=O) groups is 1. The van der Waals surface area contributed by atoms with Gasteiger partial charge in [0.15, 0.2) is 0 Å². The summed E-state index contributed by atoms with van der Waals surface area (Å²) < 4.78 is 7.67. The van der Waals surface area contributed by atoms with Gasteiger partial charge in [-0.1, -0.05) is 23.4 Å². The highest BCUT2D eigenvalue weighted by atomic mass is 16.5. The molecule has 21 heavy (non-hydrogen) atoms. The first-order valence-electron chi connectivity index (χ1n) is 6.11. The number of carboxylic acid groups (broad SMARTS) is 1. The summed E-state index contributed by atoms with van der Waals surface area (Å²) in [6.45, 7) is 0. The maximum absolute atomic E-state index is 12.1. The van der Waals surface area contributed by atoms with Gasteiger partial charge in [0.25, 0.3) is 0 Å². The normalized spacial score (nSPS) is 10.7. The minimum absolute atomic E-state index is 0.204. The maximum Gasteiger partial charge on any atom is 0.374 e. The number of hydrogen-bond donors (Lipinski definition) is 1. The van der Waals surface area contributed by atoms with E-state index in [0.29, 0.717) is 16.9 Å². The van der Waals surface area contributed by atoms with Crippen molar-refractivity contribution in [1.82, 2.24) is 14.3 Å². The molecule has 0 aliphatic carbocycles. The third kappa shape index (κ3) is 2.14. The van der Waals surface area contributed by atoms with Gasteiger partial charge in [0.05, 0.1) is 5.69 Å². The van der Waals surface area contributed by atoms with E-state index in [9.17, 15) is 9.59 Å². The van der Waals surface area contributed by atoms with Crippen LogP contribution in [0.3, 0.4) is 0 Å². The summed E-state index contributed by atoms with van der Waals surface area (Å²) in [5.74, 6) is -1.44. The summed E-state index contributed by atoms with van der Waals surface area (Å²) in [5, 5.41) is 12.6. The number of hydrogen-bond acceptors (Lipinski definition) is 4. The molecule has 0 atom stereocenters. The van der Waals surface area contributed by atoms with Crippen molar-refractivity contribution in [2.24, 2.45) is 7.05 Å². The molecule has 0 saturated carbocycles. The number of imidazole rings is 1. The molecule has 0 aliphatic heterocycles. The molecule has 0 spiro atoms. The Hall–Kier alpha value is -3.09. The Morgan fingerprint density at radius 1 is 1.29 bits per heavy atom. The highest BCUT2D eigenvalue weighted by Crippen LogP contribution is 2.25. The van der Waals surface area contributed by atoms with Crippen LogP contribution in [0.1, 0.15) is 10.6 Å². The van der Waals surface area contributed by atoms with Crippen LogP contribution >= 0.6 is 0 Å². The fourth-order valence-electron chi connectivity index (χ4n) is 2.05. The standard InChI is InChI=1S/C14H11N3O4/c1-16-6-7-17(14(16)20)11-5-3-2-4-9(11)10-8-12(13(18)19)21-15-10/h2-8H,1H3,(H,18,19). The largest absolute Gasteiger partial charge is 0.475 e. The predicted octanol–water partition coefficient (Wildman–Crippen LogP) is 1.53. The Morgan fingerprint density at radius 2 is 2.05 bits per heavy atom. The predicted molar refractivity (Wildman–Crippen MR) is 73.5 cm³/mol. The Kier molecular flexibility index (Phi) is 2.94. The fraction of sp³-hybridized carbons (Fsp3) is 0.0714. The molecule has 1 aromatic carbocycles. The van der Waals surface area contributed by atoms with Gasteiger partial charge in [-0.2, -0.15) is 0 Å². The van der Waals surface area contributed by atoms with E-state index in [4.69, 9.17) is 9.63 Å². The van der Waals surface area contributed by atoms with Gasteiger partial charge in [0.1, 0.15) is 5.69 Å². The van der Waals surface area contributed by atoms with E-state index >= 15 is 0 Å². The molecule has 0 unspecified atom stereocenters. The van der Waals surface area contributed by atoms with Crippen molar-refractivity contribution < 1.29 is 14.4 Å². The summed E-state index contributed by atoms with van der Waals surface area (Å²) in [5.41, 5.74) is 1.37. The molecule has 7 heteroatoms. The SMILES string of the molecule is Cn1ccn(-c2ccccc2-c2cc(C(=O)O)on2)c1=O. The number of nitrogens with zero attached hydrogens (tertiary/aromatic N) is 3. The minimum atomic E-state index is -1.19. The van der Waals surface area contributed by atoms with Crippen LogP contribution in [-0.4, -0.2) is 25.4 Å². The van der Waals surface area contributed by atoms with Gasteiger partial charge in [-0.15, -0.1) is 0 Å². The Labute approximate surface area is 118 Å². The van der Waals surface area contributed by atoms with Gasteiger partial charge >= 0.3 is 11.7 Å². The summed E-state index contributed by atoms with van der Waals surface area (Å²) in [4.78, 5) is 22.9. The van der Waals surface area contributed by atoms with Crippen LogP contribution in [0.5, 0.6) is 0 Å². The van der Waals surface area contributed by atoms with Crippen LogP contribution in [0.15, 0.2) is 52.0 Å². The second-order valence-electron chi connectivity index (χ2n) is 4.46. The van der Waals surface area contributed by atoms with Crippen molar-refractivity contribution in [3.8, 4) is 16.9 Å². The van der Waals surface area contributed by atoms with Crippen molar-refractivity contribution in [3.63, 3.8) is 0 Å². The van der Waals surface area contributed by atoms with Gasteiger partial charge in [0.2, 0.25) is 5.76 Å². The maximum atomic E-state index is 12.1. The van der Waals surface area contributed by atoms with Crippen molar-refractivity contribution in [3.05, 3.63) is 59.0 Å². The third-order valence-electron chi connectivity index (χ3n) is 3.11. The highest BCUT2D eigenvalue weighted by Gasteiger charge is 2.16. The van der Waals surface area contributed by atoms with Crippen LogP contribution in [0.25, 0.3) is 16.9 Å². The monoisotopic (exact) mass is 285 g/mol. The lowest BCUT2D eigenvalue weighted by molar-refractivity contribution is 0.0652. The van der Waals surface area contributed by atoms with Crippen molar-refractivity contribution in [2.75, 3.05) is 0 Å². The van der Waals surface area contributed by atoms with Crippen LogP contribution in [0, 0.1) is 0 Å². The van der Waals surface area contributed by atoms with Crippen molar-refractivity contribution in [1.29, 1.82) is 0 Å². The molecule has 0 amide bonds. The smallest absolute Gasteiger partial charge is 0.374 e. The molecule has 3 aromatic rings. The molecule has 0 fully saturated rings. The number of rotatable bonds is 3. The second kappa shape index (κ2) is 4.78. The number of aromatic carboxylic acids is 1. The van der Waals surface area contributed by atoms with Crippen molar-refractivity contribution in [2.45, 2.75) is 0 Å².